The van der Waals surface area contributed by atoms with E-state index >= 15 is 4.39 Å². The molecular formula is C33H37F3O. The lowest BCUT2D eigenvalue weighted by atomic mass is 9.92. The van der Waals surface area contributed by atoms with Crippen LogP contribution >= 0.6 is 0 Å². The van der Waals surface area contributed by atoms with Crippen molar-refractivity contribution in [3.8, 4) is 22.3 Å². The molecule has 0 radical (unpaired) electrons. The summed E-state index contributed by atoms with van der Waals surface area (Å²) < 4.78 is 50.6. The van der Waals surface area contributed by atoms with E-state index in [1.165, 1.54) is 12.5 Å². The summed E-state index contributed by atoms with van der Waals surface area (Å²) >= 11 is 0. The van der Waals surface area contributed by atoms with Crippen LogP contribution in [0.15, 0.2) is 66.7 Å². The minimum absolute atomic E-state index is 0.227. The smallest absolute Gasteiger partial charge is 0.166 e. The summed E-state index contributed by atoms with van der Waals surface area (Å²) in [4.78, 5) is 0. The van der Waals surface area contributed by atoms with E-state index in [4.69, 9.17) is 4.74 Å². The van der Waals surface area contributed by atoms with Crippen molar-refractivity contribution in [2.24, 2.45) is 5.92 Å². The first-order chi connectivity index (χ1) is 18.0. The summed E-state index contributed by atoms with van der Waals surface area (Å²) in [6.45, 7) is 4.76. The molecule has 1 aliphatic rings. The molecule has 196 valence electrons. The number of hydrogen-bond donors (Lipinski definition) is 0. The molecule has 2 atom stereocenters. The molecular weight excluding hydrogens is 469 g/mol. The standard InChI is InChI=1S/C33H37F3O/c1-3-5-6-7-8-10-26-16-18-28(33(36)32(26)35)25-14-12-24(13-15-25)27-17-19-29(30(34)21-27)31-20-11-23(9-4-2)22-37-31/h4,9,12-19,21,23,31H,3,5-8,10-11,20,22H2,1-2H3/b9-4+. The fourth-order valence-corrected chi connectivity index (χ4v) is 5.18. The van der Waals surface area contributed by atoms with Crippen molar-refractivity contribution < 1.29 is 17.9 Å². The molecule has 1 heterocycles. The van der Waals surface area contributed by atoms with Gasteiger partial charge in [0.15, 0.2) is 11.6 Å². The summed E-state index contributed by atoms with van der Waals surface area (Å²) in [7, 11) is 0. The molecule has 37 heavy (non-hydrogen) atoms. The highest BCUT2D eigenvalue weighted by Gasteiger charge is 2.24. The summed E-state index contributed by atoms with van der Waals surface area (Å²) in [6.07, 6.45) is 11.6. The molecule has 0 saturated carbocycles. The number of unbranched alkanes of at least 4 members (excludes halogenated alkanes) is 4. The SMILES string of the molecule is C/C=C/C1CCC(c2ccc(-c3ccc(-c4ccc(CCCCCCC)c(F)c4F)cc3)cc2F)OC1. The minimum Gasteiger partial charge on any atom is -0.373 e. The maximum Gasteiger partial charge on any atom is 0.166 e. The molecule has 0 aliphatic carbocycles. The van der Waals surface area contributed by atoms with Crippen LogP contribution in [0.4, 0.5) is 13.2 Å². The van der Waals surface area contributed by atoms with Gasteiger partial charge >= 0.3 is 0 Å². The van der Waals surface area contributed by atoms with Gasteiger partial charge in [-0.25, -0.2) is 13.2 Å². The Labute approximate surface area is 219 Å². The van der Waals surface area contributed by atoms with Gasteiger partial charge in [0.25, 0.3) is 0 Å². The van der Waals surface area contributed by atoms with Gasteiger partial charge in [-0.05, 0) is 60.9 Å². The molecule has 0 aromatic heterocycles. The molecule has 0 bridgehead atoms. The minimum atomic E-state index is -0.807. The van der Waals surface area contributed by atoms with Gasteiger partial charge in [0.05, 0.1) is 12.7 Å². The molecule has 2 unspecified atom stereocenters. The highest BCUT2D eigenvalue weighted by molar-refractivity contribution is 5.71. The van der Waals surface area contributed by atoms with Gasteiger partial charge in [-0.2, -0.15) is 0 Å². The lowest BCUT2D eigenvalue weighted by molar-refractivity contribution is -0.00711. The number of aryl methyl sites for hydroxylation is 1. The zero-order valence-electron chi connectivity index (χ0n) is 21.9. The third kappa shape index (κ3) is 6.73. The van der Waals surface area contributed by atoms with Crippen molar-refractivity contribution in [2.75, 3.05) is 6.61 Å². The highest BCUT2D eigenvalue weighted by Crippen LogP contribution is 2.35. The highest BCUT2D eigenvalue weighted by atomic mass is 19.2. The Morgan fingerprint density at radius 3 is 2.22 bits per heavy atom. The Kier molecular flexibility index (Phi) is 9.62. The van der Waals surface area contributed by atoms with E-state index in [-0.39, 0.29) is 17.5 Å². The third-order valence-corrected chi connectivity index (χ3v) is 7.36. The van der Waals surface area contributed by atoms with E-state index in [2.05, 4.69) is 13.0 Å². The Morgan fingerprint density at radius 2 is 1.54 bits per heavy atom. The van der Waals surface area contributed by atoms with E-state index in [9.17, 15) is 8.78 Å². The lowest BCUT2D eigenvalue weighted by Crippen LogP contribution is -2.20. The Balaban J connectivity index is 1.44. The number of benzene rings is 3. The van der Waals surface area contributed by atoms with Gasteiger partial charge in [0.2, 0.25) is 0 Å². The fraction of sp³-hybridized carbons (Fsp3) is 0.394. The van der Waals surface area contributed by atoms with E-state index in [1.54, 1.807) is 30.3 Å². The second-order valence-electron chi connectivity index (χ2n) is 10.1. The number of rotatable bonds is 10. The van der Waals surface area contributed by atoms with Crippen LogP contribution in [-0.2, 0) is 11.2 Å². The zero-order valence-corrected chi connectivity index (χ0v) is 21.9. The number of allylic oxidation sites excluding steroid dienone is 1. The molecule has 0 spiro atoms. The molecule has 3 aromatic carbocycles. The number of hydrogen-bond acceptors (Lipinski definition) is 1. The Hall–Kier alpha value is -2.85. The van der Waals surface area contributed by atoms with E-state index in [1.807, 2.05) is 31.2 Å². The molecule has 4 heteroatoms. The van der Waals surface area contributed by atoms with Crippen LogP contribution in [0.3, 0.4) is 0 Å². The lowest BCUT2D eigenvalue weighted by Gasteiger charge is -2.28. The molecule has 4 rings (SSSR count). The van der Waals surface area contributed by atoms with Crippen molar-refractivity contribution in [3.63, 3.8) is 0 Å². The number of halogens is 3. The van der Waals surface area contributed by atoms with Crippen molar-refractivity contribution in [3.05, 3.63) is 95.3 Å². The fourth-order valence-electron chi connectivity index (χ4n) is 5.18. The number of ether oxygens (including phenoxy) is 1. The average molecular weight is 507 g/mol. The van der Waals surface area contributed by atoms with Crippen LogP contribution in [0.5, 0.6) is 0 Å². The van der Waals surface area contributed by atoms with Crippen LogP contribution in [0.2, 0.25) is 0 Å². The molecule has 0 N–H and O–H groups in total. The van der Waals surface area contributed by atoms with E-state index in [0.29, 0.717) is 35.6 Å². The van der Waals surface area contributed by atoms with Gasteiger partial charge in [-0.3, -0.25) is 0 Å². The van der Waals surface area contributed by atoms with Crippen LogP contribution in [0.1, 0.15) is 76.0 Å². The van der Waals surface area contributed by atoms with Gasteiger partial charge in [0, 0.05) is 17.0 Å². The Morgan fingerprint density at radius 1 is 0.811 bits per heavy atom. The summed E-state index contributed by atoms with van der Waals surface area (Å²) in [6, 6.07) is 15.7. The van der Waals surface area contributed by atoms with Gasteiger partial charge in [0.1, 0.15) is 5.82 Å². The van der Waals surface area contributed by atoms with Gasteiger partial charge in [-0.15, -0.1) is 0 Å². The first-order valence-electron chi connectivity index (χ1n) is 13.6. The van der Waals surface area contributed by atoms with Crippen molar-refractivity contribution in [1.29, 1.82) is 0 Å². The predicted octanol–water partition coefficient (Wildman–Crippen LogP) is 9.99. The summed E-state index contributed by atoms with van der Waals surface area (Å²) in [5.41, 5.74) is 3.41. The van der Waals surface area contributed by atoms with Crippen LogP contribution < -0.4 is 0 Å². The van der Waals surface area contributed by atoms with E-state index < -0.39 is 11.6 Å². The predicted molar refractivity (Wildman–Crippen MR) is 146 cm³/mol. The van der Waals surface area contributed by atoms with Crippen LogP contribution in [0.25, 0.3) is 22.3 Å². The Bertz CT molecular complexity index is 1190. The maximum atomic E-state index is 15.0. The first-order valence-corrected chi connectivity index (χ1v) is 13.6. The molecule has 3 aromatic rings. The quantitative estimate of drug-likeness (QED) is 0.196. The summed E-state index contributed by atoms with van der Waals surface area (Å²) in [5, 5.41) is 0. The molecule has 1 nitrogen and oxygen atoms in total. The van der Waals surface area contributed by atoms with Crippen molar-refractivity contribution in [2.45, 2.75) is 71.3 Å². The van der Waals surface area contributed by atoms with Gasteiger partial charge in [-0.1, -0.05) is 93.3 Å². The van der Waals surface area contributed by atoms with Crippen molar-refractivity contribution >= 4 is 0 Å². The normalized spacial score (nSPS) is 18.0. The zero-order chi connectivity index (χ0) is 26.2. The van der Waals surface area contributed by atoms with Gasteiger partial charge < -0.3 is 4.74 Å². The van der Waals surface area contributed by atoms with Crippen molar-refractivity contribution in [1.82, 2.24) is 0 Å². The summed E-state index contributed by atoms with van der Waals surface area (Å²) in [5.74, 6) is -1.45. The maximum absolute atomic E-state index is 15.0. The average Bonchev–Trinajstić information content (AvgIpc) is 2.92. The second-order valence-corrected chi connectivity index (χ2v) is 10.1. The van der Waals surface area contributed by atoms with E-state index in [0.717, 1.165) is 49.7 Å². The molecule has 1 saturated heterocycles. The van der Waals surface area contributed by atoms with Crippen LogP contribution in [0, 0.1) is 23.4 Å². The van der Waals surface area contributed by atoms with Crippen LogP contribution in [-0.4, -0.2) is 6.61 Å². The molecule has 0 amide bonds. The third-order valence-electron chi connectivity index (χ3n) is 7.36. The largest absolute Gasteiger partial charge is 0.373 e. The second kappa shape index (κ2) is 13.1. The first kappa shape index (κ1) is 27.2. The topological polar surface area (TPSA) is 9.23 Å². The molecule has 1 aliphatic heterocycles. The monoisotopic (exact) mass is 506 g/mol. The molecule has 1 fully saturated rings.